The number of aliphatic hydroxyl groups is 2. The SMILES string of the molecule is O=c1ccn([C@@H]2O[C@H](COP(=O)(O)OP(=O)(O)O)[C@@H](O)[C@H]2O)c(=O)n1CCc1ccccc1Cl. The van der Waals surface area contributed by atoms with Gasteiger partial charge in [-0.1, -0.05) is 29.8 Å². The fourth-order valence-electron chi connectivity index (χ4n) is 3.29. The Labute approximate surface area is 196 Å². The maximum Gasteiger partial charge on any atom is 0.481 e. The average molecular weight is 543 g/mol. The van der Waals surface area contributed by atoms with Gasteiger partial charge in [0.15, 0.2) is 6.23 Å². The van der Waals surface area contributed by atoms with Gasteiger partial charge in [0.2, 0.25) is 0 Å². The van der Waals surface area contributed by atoms with Crippen LogP contribution in [0.4, 0.5) is 0 Å². The predicted molar refractivity (Wildman–Crippen MR) is 115 cm³/mol. The predicted octanol–water partition coefficient (Wildman–Crippen LogP) is -0.248. The summed E-state index contributed by atoms with van der Waals surface area (Å²) in [5, 5.41) is 21.0. The zero-order valence-electron chi connectivity index (χ0n) is 17.2. The maximum atomic E-state index is 12.9. The minimum absolute atomic E-state index is 0.0481. The fraction of sp³-hybridized carbons (Fsp3) is 0.412. The lowest BCUT2D eigenvalue weighted by atomic mass is 10.1. The molecule has 1 fully saturated rings. The van der Waals surface area contributed by atoms with Gasteiger partial charge >= 0.3 is 21.3 Å². The van der Waals surface area contributed by atoms with Gasteiger partial charge in [-0.05, 0) is 18.1 Å². The molecule has 5 atom stereocenters. The number of halogens is 1. The van der Waals surface area contributed by atoms with Crippen molar-refractivity contribution in [2.45, 2.75) is 37.5 Å². The van der Waals surface area contributed by atoms with E-state index >= 15 is 0 Å². The Morgan fingerprint density at radius 1 is 1.06 bits per heavy atom. The van der Waals surface area contributed by atoms with Crippen molar-refractivity contribution in [3.63, 3.8) is 0 Å². The second kappa shape index (κ2) is 10.5. The Kier molecular flexibility index (Phi) is 8.33. The Morgan fingerprint density at radius 3 is 2.38 bits per heavy atom. The van der Waals surface area contributed by atoms with E-state index < -0.39 is 58.0 Å². The van der Waals surface area contributed by atoms with Gasteiger partial charge in [-0.3, -0.25) is 18.5 Å². The van der Waals surface area contributed by atoms with E-state index in [-0.39, 0.29) is 13.0 Å². The van der Waals surface area contributed by atoms with Gasteiger partial charge in [0.05, 0.1) is 6.61 Å². The monoisotopic (exact) mass is 542 g/mol. The minimum Gasteiger partial charge on any atom is -0.387 e. The number of hydrogen-bond donors (Lipinski definition) is 5. The van der Waals surface area contributed by atoms with Gasteiger partial charge in [-0.2, -0.15) is 4.31 Å². The number of benzene rings is 1. The third-order valence-corrected chi connectivity index (χ3v) is 7.40. The number of hydrogen-bond acceptors (Lipinski definition) is 9. The van der Waals surface area contributed by atoms with Crippen molar-refractivity contribution in [2.75, 3.05) is 6.61 Å². The third kappa shape index (κ3) is 6.51. The molecule has 0 spiro atoms. The molecule has 1 unspecified atom stereocenters. The van der Waals surface area contributed by atoms with E-state index in [0.717, 1.165) is 21.4 Å². The summed E-state index contributed by atoms with van der Waals surface area (Å²) >= 11 is 6.10. The quantitative estimate of drug-likeness (QED) is 0.260. The Balaban J connectivity index is 1.76. The number of aryl methyl sites for hydroxylation is 1. The Morgan fingerprint density at radius 2 is 1.74 bits per heavy atom. The molecule has 1 aromatic heterocycles. The van der Waals surface area contributed by atoms with Crippen molar-refractivity contribution in [3.05, 3.63) is 68.0 Å². The molecule has 2 heterocycles. The standard InChI is InChI=1S/C17H21ClN2O12P2/c18-11-4-2-1-3-10(11)5-7-19-13(21)6-8-20(17(19)24)16-15(23)14(22)12(31-16)9-30-34(28,29)32-33(25,26)27/h1-4,6,8,12,14-16,22-23H,5,7,9H2,(H,28,29)(H2,25,26,27)/t12-,14-,15-,16-/m1/s1. The number of phosphoric ester groups is 1. The van der Waals surface area contributed by atoms with E-state index in [2.05, 4.69) is 8.83 Å². The lowest BCUT2D eigenvalue weighted by molar-refractivity contribution is -0.0548. The summed E-state index contributed by atoms with van der Waals surface area (Å²) in [4.78, 5) is 51.8. The van der Waals surface area contributed by atoms with Crippen LogP contribution in [0.3, 0.4) is 0 Å². The van der Waals surface area contributed by atoms with E-state index in [1.54, 1.807) is 24.3 Å². The number of aliphatic hydroxyl groups excluding tert-OH is 2. The third-order valence-electron chi connectivity index (χ3n) is 4.88. The van der Waals surface area contributed by atoms with Gasteiger partial charge in [-0.25, -0.2) is 13.9 Å². The maximum absolute atomic E-state index is 12.9. The normalized spacial score (nSPS) is 24.8. The highest BCUT2D eigenvalue weighted by Gasteiger charge is 2.46. The van der Waals surface area contributed by atoms with Crippen molar-refractivity contribution in [2.24, 2.45) is 0 Å². The molecule has 3 rings (SSSR count). The molecule has 1 saturated heterocycles. The lowest BCUT2D eigenvalue weighted by Gasteiger charge is -2.19. The van der Waals surface area contributed by atoms with E-state index in [1.165, 1.54) is 0 Å². The molecule has 14 nitrogen and oxygen atoms in total. The highest BCUT2D eigenvalue weighted by molar-refractivity contribution is 7.60. The summed E-state index contributed by atoms with van der Waals surface area (Å²) < 4.78 is 37.5. The highest BCUT2D eigenvalue weighted by atomic mass is 35.5. The second-order valence-corrected chi connectivity index (χ2v) is 10.5. The molecule has 5 N–H and O–H groups in total. The van der Waals surface area contributed by atoms with Crippen LogP contribution in [-0.2, 0) is 35.7 Å². The molecule has 0 aliphatic carbocycles. The average Bonchev–Trinajstić information content (AvgIpc) is 3.00. The van der Waals surface area contributed by atoms with Gasteiger partial charge in [0.1, 0.15) is 18.3 Å². The molecule has 0 saturated carbocycles. The van der Waals surface area contributed by atoms with Crippen molar-refractivity contribution in [1.82, 2.24) is 9.13 Å². The van der Waals surface area contributed by atoms with E-state index in [1.807, 2.05) is 0 Å². The number of nitrogens with zero attached hydrogens (tertiary/aromatic N) is 2. The topological polar surface area (TPSA) is 207 Å². The molecule has 188 valence electrons. The zero-order chi connectivity index (χ0) is 25.3. The molecule has 17 heteroatoms. The molecular formula is C17H21ClN2O12P2. The van der Waals surface area contributed by atoms with E-state index in [4.69, 9.17) is 26.1 Å². The van der Waals surface area contributed by atoms with Crippen LogP contribution in [0, 0.1) is 0 Å². The fourth-order valence-corrected chi connectivity index (χ4v) is 5.12. The molecule has 2 aromatic rings. The summed E-state index contributed by atoms with van der Waals surface area (Å²) in [7, 11) is -10.6. The highest BCUT2D eigenvalue weighted by Crippen LogP contribution is 2.57. The second-order valence-electron chi connectivity index (χ2n) is 7.22. The Hall–Kier alpha value is -1.67. The van der Waals surface area contributed by atoms with Crippen molar-refractivity contribution < 1.29 is 47.6 Å². The summed E-state index contributed by atoms with van der Waals surface area (Å²) in [5.41, 5.74) is -0.798. The summed E-state index contributed by atoms with van der Waals surface area (Å²) in [5.74, 6) is 0. The first-order valence-corrected chi connectivity index (χ1v) is 13.0. The Bertz CT molecular complexity index is 1240. The molecule has 1 aromatic carbocycles. The number of phosphoric acid groups is 2. The first-order chi connectivity index (χ1) is 15.8. The first kappa shape index (κ1) is 26.9. The summed E-state index contributed by atoms with van der Waals surface area (Å²) in [6.07, 6.45) is -5.15. The molecule has 1 aliphatic heterocycles. The number of ether oxygens (including phenoxy) is 1. The van der Waals surface area contributed by atoms with Crippen molar-refractivity contribution >= 4 is 27.2 Å². The summed E-state index contributed by atoms with van der Waals surface area (Å²) in [6, 6.07) is 7.92. The van der Waals surface area contributed by atoms with Crippen LogP contribution in [0.2, 0.25) is 5.02 Å². The minimum atomic E-state index is -5.36. The van der Waals surface area contributed by atoms with E-state index in [9.17, 15) is 33.8 Å². The molecule has 34 heavy (non-hydrogen) atoms. The molecule has 0 radical (unpaired) electrons. The first-order valence-electron chi connectivity index (χ1n) is 9.60. The van der Waals surface area contributed by atoms with Crippen LogP contribution < -0.4 is 11.2 Å². The van der Waals surface area contributed by atoms with Crippen LogP contribution in [-0.4, -0.2) is 58.9 Å². The van der Waals surface area contributed by atoms with E-state index in [0.29, 0.717) is 10.6 Å². The lowest BCUT2D eigenvalue weighted by Crippen LogP contribution is -2.43. The number of aromatic nitrogens is 2. The summed E-state index contributed by atoms with van der Waals surface area (Å²) in [6.45, 7) is -0.975. The van der Waals surface area contributed by atoms with Crippen LogP contribution in [0.5, 0.6) is 0 Å². The molecule has 1 aliphatic rings. The smallest absolute Gasteiger partial charge is 0.387 e. The van der Waals surface area contributed by atoms with Crippen LogP contribution in [0.1, 0.15) is 11.8 Å². The van der Waals surface area contributed by atoms with Gasteiger partial charge in [0.25, 0.3) is 5.56 Å². The van der Waals surface area contributed by atoms with Crippen molar-refractivity contribution in [3.8, 4) is 0 Å². The largest absolute Gasteiger partial charge is 0.481 e. The molecule has 0 bridgehead atoms. The zero-order valence-corrected chi connectivity index (χ0v) is 19.7. The van der Waals surface area contributed by atoms with Crippen molar-refractivity contribution in [1.29, 1.82) is 0 Å². The van der Waals surface area contributed by atoms with Crippen LogP contribution in [0.25, 0.3) is 0 Å². The van der Waals surface area contributed by atoms with Gasteiger partial charge in [0, 0.05) is 23.8 Å². The molecule has 0 amide bonds. The van der Waals surface area contributed by atoms with Gasteiger partial charge in [-0.15, -0.1) is 0 Å². The molecular weight excluding hydrogens is 522 g/mol. The van der Waals surface area contributed by atoms with Crippen LogP contribution >= 0.6 is 27.2 Å². The van der Waals surface area contributed by atoms with Gasteiger partial charge < -0.3 is 29.6 Å². The number of rotatable bonds is 9. The van der Waals surface area contributed by atoms with Crippen LogP contribution in [0.15, 0.2) is 46.1 Å².